The number of rotatable bonds is 2. The lowest BCUT2D eigenvalue weighted by Crippen LogP contribution is -2.43. The van der Waals surface area contributed by atoms with Crippen molar-refractivity contribution in [3.8, 4) is 0 Å². The summed E-state index contributed by atoms with van der Waals surface area (Å²) in [5, 5.41) is 0. The molecule has 1 aromatic rings. The largest absolute Gasteiger partial charge is 0.469 e. The van der Waals surface area contributed by atoms with Crippen LogP contribution >= 0.6 is 0 Å². The van der Waals surface area contributed by atoms with Crippen molar-refractivity contribution in [3.63, 3.8) is 0 Å². The summed E-state index contributed by atoms with van der Waals surface area (Å²) in [6, 6.07) is 1.50. The number of likely N-dealkylation sites (tertiary alicyclic amines) is 1. The molecule has 1 atom stereocenters. The van der Waals surface area contributed by atoms with Gasteiger partial charge in [0.15, 0.2) is 17.5 Å². The van der Waals surface area contributed by atoms with Gasteiger partial charge in [-0.25, -0.2) is 0 Å². The molecule has 0 spiro atoms. The van der Waals surface area contributed by atoms with E-state index in [-0.39, 0.29) is 12.3 Å². The first kappa shape index (κ1) is 13.5. The van der Waals surface area contributed by atoms with Gasteiger partial charge in [-0.1, -0.05) is 0 Å². The van der Waals surface area contributed by atoms with Crippen LogP contribution in [0.2, 0.25) is 0 Å². The van der Waals surface area contributed by atoms with E-state index in [0.29, 0.717) is 11.3 Å². The monoisotopic (exact) mass is 263 g/mol. The van der Waals surface area contributed by atoms with Crippen molar-refractivity contribution in [1.82, 2.24) is 4.90 Å². The number of carbonyl (C=O) groups excluding carboxylic acids is 3. The molecule has 1 amide bonds. The molecule has 1 aliphatic heterocycles. The molecule has 2 heterocycles. The quantitative estimate of drug-likeness (QED) is 0.600. The van der Waals surface area contributed by atoms with E-state index >= 15 is 0 Å². The van der Waals surface area contributed by atoms with E-state index in [1.54, 1.807) is 6.92 Å². The summed E-state index contributed by atoms with van der Waals surface area (Å²) in [6.45, 7) is 7.16. The molecule has 0 bridgehead atoms. The third-order valence-electron chi connectivity index (χ3n) is 3.35. The molecule has 1 aliphatic rings. The minimum Gasteiger partial charge on any atom is -0.469 e. The summed E-state index contributed by atoms with van der Waals surface area (Å²) in [5.41, 5.74) is -0.157. The first-order valence-corrected chi connectivity index (χ1v) is 6.16. The molecule has 1 saturated heterocycles. The Hall–Kier alpha value is -1.91. The van der Waals surface area contributed by atoms with Crippen LogP contribution in [-0.4, -0.2) is 34.5 Å². The Bertz CT molecular complexity index is 550. The highest BCUT2D eigenvalue weighted by Gasteiger charge is 2.48. The van der Waals surface area contributed by atoms with Gasteiger partial charge >= 0.3 is 0 Å². The molecule has 0 radical (unpaired) electrons. The third-order valence-corrected chi connectivity index (χ3v) is 3.35. The van der Waals surface area contributed by atoms with E-state index in [1.807, 2.05) is 20.8 Å². The fraction of sp³-hybridized carbons (Fsp3) is 0.500. The minimum atomic E-state index is -1.21. The number of furan rings is 1. The standard InChI is InChI=1S/C14H17NO4/c1-8-9(5-6-19-8)12(17)11-10(16)7-15(13(11)18)14(2,3)4/h5-6,11H,7H2,1-4H3. The Morgan fingerprint density at radius 2 is 2.00 bits per heavy atom. The van der Waals surface area contributed by atoms with Crippen molar-refractivity contribution < 1.29 is 18.8 Å². The second kappa shape index (κ2) is 4.33. The molecule has 0 aromatic carbocycles. The predicted molar refractivity (Wildman–Crippen MR) is 67.7 cm³/mol. The third kappa shape index (κ3) is 2.20. The fourth-order valence-corrected chi connectivity index (χ4v) is 2.24. The van der Waals surface area contributed by atoms with Gasteiger partial charge in [0, 0.05) is 5.54 Å². The van der Waals surface area contributed by atoms with E-state index in [0.717, 1.165) is 0 Å². The Labute approximate surface area is 111 Å². The van der Waals surface area contributed by atoms with Gasteiger partial charge in [-0.05, 0) is 33.8 Å². The van der Waals surface area contributed by atoms with Crippen molar-refractivity contribution in [3.05, 3.63) is 23.7 Å². The molecule has 102 valence electrons. The number of carbonyl (C=O) groups is 3. The van der Waals surface area contributed by atoms with Crippen molar-refractivity contribution in [2.45, 2.75) is 33.2 Å². The molecule has 5 heteroatoms. The van der Waals surface area contributed by atoms with Crippen LogP contribution in [0.25, 0.3) is 0 Å². The topological polar surface area (TPSA) is 67.6 Å². The second-order valence-corrected chi connectivity index (χ2v) is 5.75. The van der Waals surface area contributed by atoms with Crippen molar-refractivity contribution >= 4 is 17.5 Å². The van der Waals surface area contributed by atoms with Gasteiger partial charge in [-0.2, -0.15) is 0 Å². The Morgan fingerprint density at radius 1 is 1.37 bits per heavy atom. The number of Topliss-reactive ketones (excluding diaryl/α,β-unsaturated/α-hetero) is 2. The first-order valence-electron chi connectivity index (χ1n) is 6.16. The zero-order valence-electron chi connectivity index (χ0n) is 11.5. The van der Waals surface area contributed by atoms with Crippen LogP contribution in [-0.2, 0) is 9.59 Å². The van der Waals surface area contributed by atoms with Crippen LogP contribution in [0, 0.1) is 12.8 Å². The number of aryl methyl sites for hydroxylation is 1. The Kier molecular flexibility index (Phi) is 3.08. The average molecular weight is 263 g/mol. The van der Waals surface area contributed by atoms with E-state index in [4.69, 9.17) is 4.42 Å². The van der Waals surface area contributed by atoms with Gasteiger partial charge in [0.1, 0.15) is 5.76 Å². The predicted octanol–water partition coefficient (Wildman–Crippen LogP) is 1.60. The highest BCUT2D eigenvalue weighted by atomic mass is 16.3. The summed E-state index contributed by atoms with van der Waals surface area (Å²) in [7, 11) is 0. The maximum Gasteiger partial charge on any atom is 0.242 e. The normalized spacial score (nSPS) is 20.2. The van der Waals surface area contributed by atoms with Crippen LogP contribution in [0.15, 0.2) is 16.7 Å². The van der Waals surface area contributed by atoms with E-state index in [2.05, 4.69) is 0 Å². The highest BCUT2D eigenvalue weighted by Crippen LogP contribution is 2.27. The van der Waals surface area contributed by atoms with Gasteiger partial charge < -0.3 is 9.32 Å². The minimum absolute atomic E-state index is 0.00433. The van der Waals surface area contributed by atoms with Crippen molar-refractivity contribution in [2.24, 2.45) is 5.92 Å². The molecular weight excluding hydrogens is 246 g/mol. The SMILES string of the molecule is Cc1occc1C(=O)C1C(=O)CN(C(C)(C)C)C1=O. The molecule has 5 nitrogen and oxygen atoms in total. The summed E-state index contributed by atoms with van der Waals surface area (Å²) < 4.78 is 5.05. The number of amides is 1. The van der Waals surface area contributed by atoms with E-state index in [1.165, 1.54) is 17.2 Å². The van der Waals surface area contributed by atoms with E-state index in [9.17, 15) is 14.4 Å². The maximum atomic E-state index is 12.3. The molecule has 0 saturated carbocycles. The molecule has 0 N–H and O–H groups in total. The lowest BCUT2D eigenvalue weighted by atomic mass is 9.95. The zero-order chi connectivity index (χ0) is 14.4. The van der Waals surface area contributed by atoms with Crippen LogP contribution in [0.4, 0.5) is 0 Å². The van der Waals surface area contributed by atoms with Gasteiger partial charge in [0.05, 0.1) is 18.4 Å². The fourth-order valence-electron chi connectivity index (χ4n) is 2.24. The molecule has 1 aromatic heterocycles. The smallest absolute Gasteiger partial charge is 0.242 e. The molecular formula is C14H17NO4. The molecule has 2 rings (SSSR count). The summed E-state index contributed by atoms with van der Waals surface area (Å²) in [5.74, 6) is -2.00. The van der Waals surface area contributed by atoms with Gasteiger partial charge in [-0.15, -0.1) is 0 Å². The van der Waals surface area contributed by atoms with E-state index < -0.39 is 23.1 Å². The van der Waals surface area contributed by atoms with Gasteiger partial charge in [0.25, 0.3) is 0 Å². The number of hydrogen-bond donors (Lipinski definition) is 0. The first-order chi connectivity index (χ1) is 8.73. The zero-order valence-corrected chi connectivity index (χ0v) is 11.5. The summed E-state index contributed by atoms with van der Waals surface area (Å²) in [6.07, 6.45) is 1.38. The Morgan fingerprint density at radius 3 is 2.42 bits per heavy atom. The van der Waals surface area contributed by atoms with Crippen LogP contribution in [0.1, 0.15) is 36.9 Å². The second-order valence-electron chi connectivity index (χ2n) is 5.75. The van der Waals surface area contributed by atoms with Crippen LogP contribution in [0.3, 0.4) is 0 Å². The maximum absolute atomic E-state index is 12.3. The lowest BCUT2D eigenvalue weighted by Gasteiger charge is -2.31. The highest BCUT2D eigenvalue weighted by molar-refractivity contribution is 6.27. The van der Waals surface area contributed by atoms with Gasteiger partial charge in [-0.3, -0.25) is 14.4 Å². The molecule has 19 heavy (non-hydrogen) atoms. The number of ketones is 2. The van der Waals surface area contributed by atoms with Crippen LogP contribution < -0.4 is 0 Å². The molecule has 1 unspecified atom stereocenters. The van der Waals surface area contributed by atoms with Crippen molar-refractivity contribution in [1.29, 1.82) is 0 Å². The average Bonchev–Trinajstić information content (AvgIpc) is 2.81. The Balaban J connectivity index is 2.32. The lowest BCUT2D eigenvalue weighted by molar-refractivity contribution is -0.133. The van der Waals surface area contributed by atoms with Crippen LogP contribution in [0.5, 0.6) is 0 Å². The van der Waals surface area contributed by atoms with Gasteiger partial charge in [0.2, 0.25) is 5.91 Å². The summed E-state index contributed by atoms with van der Waals surface area (Å²) >= 11 is 0. The van der Waals surface area contributed by atoms with Crippen molar-refractivity contribution in [2.75, 3.05) is 6.54 Å². The summed E-state index contributed by atoms with van der Waals surface area (Å²) in [4.78, 5) is 38.0. The molecule has 1 fully saturated rings. The number of hydrogen-bond acceptors (Lipinski definition) is 4. The number of nitrogens with zero attached hydrogens (tertiary/aromatic N) is 1. The molecule has 0 aliphatic carbocycles.